The third kappa shape index (κ3) is 5.67. The summed E-state index contributed by atoms with van der Waals surface area (Å²) in [5, 5.41) is 11.8. The molecule has 3 atom stereocenters. The number of nitrogens with zero attached hydrogens (tertiary/aromatic N) is 3. The van der Waals surface area contributed by atoms with Crippen molar-refractivity contribution in [2.24, 2.45) is 17.8 Å². The highest BCUT2D eigenvalue weighted by molar-refractivity contribution is 6.35. The first kappa shape index (κ1) is 30.4. The van der Waals surface area contributed by atoms with Crippen LogP contribution in [0, 0.1) is 27.9 Å². The van der Waals surface area contributed by atoms with E-state index in [1.54, 1.807) is 42.5 Å². The Morgan fingerprint density at radius 3 is 2.44 bits per heavy atom. The summed E-state index contributed by atoms with van der Waals surface area (Å²) < 4.78 is 5.33. The summed E-state index contributed by atoms with van der Waals surface area (Å²) in [6, 6.07) is 16.8. The van der Waals surface area contributed by atoms with Crippen LogP contribution in [-0.2, 0) is 14.3 Å². The van der Waals surface area contributed by atoms with Gasteiger partial charge in [-0.05, 0) is 61.6 Å². The van der Waals surface area contributed by atoms with Crippen molar-refractivity contribution in [1.29, 1.82) is 0 Å². The van der Waals surface area contributed by atoms with E-state index in [9.17, 15) is 29.3 Å². The van der Waals surface area contributed by atoms with E-state index in [2.05, 4.69) is 11.9 Å². The monoisotopic (exact) mass is 645 g/mol. The van der Waals surface area contributed by atoms with E-state index in [1.807, 2.05) is 0 Å². The van der Waals surface area contributed by atoms with Crippen LogP contribution in [-0.4, -0.2) is 40.1 Å². The fourth-order valence-corrected chi connectivity index (χ4v) is 6.48. The smallest absolute Gasteiger partial charge is 0.339 e. The van der Waals surface area contributed by atoms with Crippen molar-refractivity contribution in [2.75, 3.05) is 11.5 Å². The molecule has 45 heavy (non-hydrogen) atoms. The number of ether oxygens (including phenoxy) is 1. The minimum atomic E-state index is -0.829. The Hall–Kier alpha value is -4.67. The molecule has 2 amide bonds. The number of aromatic nitrogens is 1. The van der Waals surface area contributed by atoms with Gasteiger partial charge in [0.1, 0.15) is 5.02 Å². The van der Waals surface area contributed by atoms with Crippen molar-refractivity contribution >= 4 is 69.0 Å². The summed E-state index contributed by atoms with van der Waals surface area (Å²) in [4.78, 5) is 68.8. The lowest BCUT2D eigenvalue weighted by Crippen LogP contribution is -2.30. The van der Waals surface area contributed by atoms with Crippen LogP contribution in [0.1, 0.15) is 46.9 Å². The lowest BCUT2D eigenvalue weighted by molar-refractivity contribution is -0.384. The number of amides is 2. The van der Waals surface area contributed by atoms with Gasteiger partial charge in [-0.1, -0.05) is 54.4 Å². The van der Waals surface area contributed by atoms with Gasteiger partial charge in [0, 0.05) is 22.6 Å². The number of carbonyl (C=O) groups excluding carboxylic acids is 4. The fraction of sp³-hybridized carbons (Fsp3) is 0.242. The number of benzene rings is 3. The number of anilines is 1. The lowest BCUT2D eigenvalue weighted by atomic mass is 9.76. The SMILES string of the molecule is CC1CCC2C(=O)N(c3ccc(-c4cc(C(=O)OCC(=O)c5ccc(Cl)c([N+](=O)[O-])c5)c5cccc(Cl)c5n4)cc3)C(=O)C2C1. The maximum Gasteiger partial charge on any atom is 0.339 e. The Bertz CT molecular complexity index is 1910. The van der Waals surface area contributed by atoms with Crippen LogP contribution in [0.15, 0.2) is 66.7 Å². The number of nitro groups is 1. The van der Waals surface area contributed by atoms with Gasteiger partial charge in [0.15, 0.2) is 6.61 Å². The van der Waals surface area contributed by atoms with Crippen molar-refractivity contribution in [2.45, 2.75) is 26.2 Å². The number of para-hydroxylation sites is 1. The van der Waals surface area contributed by atoms with E-state index < -0.39 is 29.0 Å². The predicted molar refractivity (Wildman–Crippen MR) is 167 cm³/mol. The second-order valence-corrected chi connectivity index (χ2v) is 12.1. The molecule has 10 nitrogen and oxygen atoms in total. The molecule has 1 aromatic heterocycles. The van der Waals surface area contributed by atoms with E-state index in [1.165, 1.54) is 23.1 Å². The van der Waals surface area contributed by atoms with Gasteiger partial charge in [-0.15, -0.1) is 0 Å². The molecule has 4 aromatic rings. The molecule has 6 rings (SSSR count). The zero-order chi connectivity index (χ0) is 32.0. The number of pyridine rings is 1. The van der Waals surface area contributed by atoms with Crippen molar-refractivity contribution in [3.05, 3.63) is 98.0 Å². The Morgan fingerprint density at radius 1 is 0.978 bits per heavy atom. The predicted octanol–water partition coefficient (Wildman–Crippen LogP) is 7.08. The van der Waals surface area contributed by atoms with Gasteiger partial charge in [-0.2, -0.15) is 0 Å². The second-order valence-electron chi connectivity index (χ2n) is 11.3. The van der Waals surface area contributed by atoms with Crippen LogP contribution >= 0.6 is 23.2 Å². The van der Waals surface area contributed by atoms with Gasteiger partial charge in [0.2, 0.25) is 17.6 Å². The number of carbonyl (C=O) groups is 4. The highest BCUT2D eigenvalue weighted by Gasteiger charge is 2.49. The number of Topliss-reactive ketones (excluding diaryl/α,β-unsaturated/α-hetero) is 1. The molecule has 0 N–H and O–H groups in total. The quantitative estimate of drug-likeness (QED) is 0.0683. The number of esters is 1. The van der Waals surface area contributed by atoms with Gasteiger partial charge in [-0.25, -0.2) is 9.78 Å². The molecule has 0 spiro atoms. The first-order valence-electron chi connectivity index (χ1n) is 14.2. The number of fused-ring (bicyclic) bond motifs is 2. The van der Waals surface area contributed by atoms with Crippen molar-refractivity contribution < 1.29 is 28.8 Å². The zero-order valence-electron chi connectivity index (χ0n) is 23.9. The number of rotatable bonds is 7. The fourth-order valence-electron chi connectivity index (χ4n) is 6.07. The third-order valence-electron chi connectivity index (χ3n) is 8.42. The normalized spacial score (nSPS) is 19.4. The minimum absolute atomic E-state index is 0.0361. The van der Waals surface area contributed by atoms with Crippen LogP contribution < -0.4 is 4.90 Å². The maximum atomic E-state index is 13.3. The Morgan fingerprint density at radius 2 is 1.71 bits per heavy atom. The van der Waals surface area contributed by atoms with Crippen molar-refractivity contribution in [1.82, 2.24) is 4.98 Å². The van der Waals surface area contributed by atoms with Gasteiger partial charge in [0.05, 0.1) is 44.2 Å². The topological polar surface area (TPSA) is 137 Å². The average molecular weight is 646 g/mol. The number of hydrogen-bond donors (Lipinski definition) is 0. The Labute approximate surface area is 267 Å². The van der Waals surface area contributed by atoms with E-state index in [0.717, 1.165) is 12.5 Å². The van der Waals surface area contributed by atoms with Gasteiger partial charge in [0.25, 0.3) is 5.69 Å². The molecular formula is C33H25Cl2N3O7. The van der Waals surface area contributed by atoms with Gasteiger partial charge in [-0.3, -0.25) is 29.4 Å². The molecule has 0 bridgehead atoms. The zero-order valence-corrected chi connectivity index (χ0v) is 25.4. The first-order valence-corrected chi connectivity index (χ1v) is 15.0. The first-order chi connectivity index (χ1) is 21.5. The summed E-state index contributed by atoms with van der Waals surface area (Å²) in [5.41, 5.74) is 1.38. The Kier molecular flexibility index (Phi) is 8.11. The summed E-state index contributed by atoms with van der Waals surface area (Å²) in [5.74, 6) is -2.01. The molecule has 1 saturated carbocycles. The van der Waals surface area contributed by atoms with Crippen molar-refractivity contribution in [3.63, 3.8) is 0 Å². The molecule has 3 unspecified atom stereocenters. The summed E-state index contributed by atoms with van der Waals surface area (Å²) >= 11 is 12.3. The van der Waals surface area contributed by atoms with Crippen LogP contribution in [0.3, 0.4) is 0 Å². The average Bonchev–Trinajstić information content (AvgIpc) is 3.27. The van der Waals surface area contributed by atoms with Crippen molar-refractivity contribution in [3.8, 4) is 11.3 Å². The van der Waals surface area contributed by atoms with E-state index in [0.29, 0.717) is 46.6 Å². The van der Waals surface area contributed by atoms with E-state index in [-0.39, 0.29) is 44.8 Å². The van der Waals surface area contributed by atoms with Gasteiger partial charge < -0.3 is 4.74 Å². The number of imide groups is 1. The maximum absolute atomic E-state index is 13.3. The summed E-state index contributed by atoms with van der Waals surface area (Å²) in [7, 11) is 0. The molecule has 228 valence electrons. The number of ketones is 1. The molecule has 1 aliphatic carbocycles. The molecule has 1 aliphatic heterocycles. The van der Waals surface area contributed by atoms with E-state index in [4.69, 9.17) is 27.9 Å². The van der Waals surface area contributed by atoms with Crippen LogP contribution in [0.5, 0.6) is 0 Å². The van der Waals surface area contributed by atoms with Crippen LogP contribution in [0.4, 0.5) is 11.4 Å². The Balaban J connectivity index is 1.27. The number of halogens is 2. The highest BCUT2D eigenvalue weighted by Crippen LogP contribution is 2.42. The summed E-state index contributed by atoms with van der Waals surface area (Å²) in [6.07, 6.45) is 2.33. The third-order valence-corrected chi connectivity index (χ3v) is 9.04. The van der Waals surface area contributed by atoms with Gasteiger partial charge >= 0.3 is 5.97 Å². The molecule has 3 aromatic carbocycles. The minimum Gasteiger partial charge on any atom is -0.454 e. The number of hydrogen-bond acceptors (Lipinski definition) is 8. The largest absolute Gasteiger partial charge is 0.454 e. The molecule has 2 aliphatic rings. The molecule has 2 heterocycles. The lowest BCUT2D eigenvalue weighted by Gasteiger charge is -2.25. The molecule has 1 saturated heterocycles. The summed E-state index contributed by atoms with van der Waals surface area (Å²) in [6.45, 7) is 1.43. The highest BCUT2D eigenvalue weighted by atomic mass is 35.5. The van der Waals surface area contributed by atoms with Crippen LogP contribution in [0.25, 0.3) is 22.2 Å². The standard InChI is InChI=1S/C33H25Cl2N3O7/c1-17-5-11-22-23(13-17)32(41)37(31(22)40)20-9-6-18(7-10-20)27-15-24(21-3-2-4-26(35)30(21)36-27)33(42)45-16-29(39)19-8-12-25(34)28(14-19)38(43)44/h2-4,6-10,12,14-15,17,22-23H,5,11,13,16H2,1H3. The van der Waals surface area contributed by atoms with E-state index >= 15 is 0 Å². The molecular weight excluding hydrogens is 621 g/mol. The molecule has 12 heteroatoms. The second kappa shape index (κ2) is 12.0. The molecule has 0 radical (unpaired) electrons. The van der Waals surface area contributed by atoms with Crippen LogP contribution in [0.2, 0.25) is 10.0 Å². The number of nitro benzene ring substituents is 1. The molecule has 2 fully saturated rings.